The highest BCUT2D eigenvalue weighted by Crippen LogP contribution is 2.66. The van der Waals surface area contributed by atoms with Gasteiger partial charge in [-0.15, -0.1) is 0 Å². The van der Waals surface area contributed by atoms with Crippen molar-refractivity contribution in [2.75, 3.05) is 6.61 Å². The first-order valence-corrected chi connectivity index (χ1v) is 17.7. The maximum absolute atomic E-state index is 14.2. The molecule has 272 valence electrons. The van der Waals surface area contributed by atoms with Crippen LogP contribution in [0.1, 0.15) is 69.8 Å². The number of rotatable bonds is 10. The molecule has 3 fully saturated rings. The number of Topliss-reactive ketones (excluding diaryl/α,β-unsaturated/α-hetero) is 1. The largest absolute Gasteiger partial charge is 0.455 e. The third-order valence-electron chi connectivity index (χ3n) is 12.5. The van der Waals surface area contributed by atoms with E-state index in [1.807, 2.05) is 57.2 Å². The first kappa shape index (κ1) is 36.7. The number of benzene rings is 2. The number of ether oxygens (including phenoxy) is 4. The smallest absolute Gasteiger partial charge is 0.348 e. The van der Waals surface area contributed by atoms with Crippen molar-refractivity contribution in [3.63, 3.8) is 0 Å². The maximum atomic E-state index is 14.2. The number of aliphatic hydroxyl groups excluding tert-OH is 1. The number of ketones is 1. The van der Waals surface area contributed by atoms with Crippen molar-refractivity contribution >= 4 is 24.2 Å². The molecule has 0 spiro atoms. The summed E-state index contributed by atoms with van der Waals surface area (Å²) in [6.45, 7) is 13.8. The van der Waals surface area contributed by atoms with Gasteiger partial charge in [0.05, 0.1) is 24.4 Å². The van der Waals surface area contributed by atoms with Crippen LogP contribution in [-0.4, -0.2) is 77.1 Å². The van der Waals surface area contributed by atoms with Crippen LogP contribution in [0.4, 0.5) is 0 Å². The molecule has 10 heteroatoms. The Morgan fingerprint density at radius 2 is 1.69 bits per heavy atom. The summed E-state index contributed by atoms with van der Waals surface area (Å²) in [7, 11) is 0. The van der Waals surface area contributed by atoms with E-state index in [1.165, 1.54) is 6.92 Å². The van der Waals surface area contributed by atoms with Crippen LogP contribution in [0, 0.1) is 28.6 Å². The molecule has 0 aromatic heterocycles. The number of hydrogen-bond acceptors (Lipinski definition) is 10. The number of aliphatic hydroxyl groups is 2. The van der Waals surface area contributed by atoms with Gasteiger partial charge in [0.25, 0.3) is 6.47 Å². The van der Waals surface area contributed by atoms with E-state index >= 15 is 0 Å². The fraction of sp³-hybridized carbons (Fsp3) is 0.512. The Balaban J connectivity index is 1.52. The quantitative estimate of drug-likeness (QED) is 0.115. The second-order valence-corrected chi connectivity index (χ2v) is 15.4. The molecule has 0 amide bonds. The lowest BCUT2D eigenvalue weighted by Crippen LogP contribution is -2.70. The lowest BCUT2D eigenvalue weighted by molar-refractivity contribution is -0.261. The van der Waals surface area contributed by atoms with Gasteiger partial charge in [-0.2, -0.15) is 0 Å². The van der Waals surface area contributed by atoms with Crippen molar-refractivity contribution < 1.29 is 48.3 Å². The topological polar surface area (TPSA) is 146 Å². The summed E-state index contributed by atoms with van der Waals surface area (Å²) in [6.07, 6.45) is -4.49. The van der Waals surface area contributed by atoms with E-state index in [4.69, 9.17) is 18.9 Å². The fourth-order valence-corrected chi connectivity index (χ4v) is 9.65. The van der Waals surface area contributed by atoms with Crippen LogP contribution >= 0.6 is 0 Å². The summed E-state index contributed by atoms with van der Waals surface area (Å²) in [4.78, 5) is 52.4. The molecule has 2 aromatic carbocycles. The normalized spacial score (nSPS) is 34.3. The van der Waals surface area contributed by atoms with Gasteiger partial charge in [0, 0.05) is 60.8 Å². The molecule has 10 nitrogen and oxygen atoms in total. The zero-order chi connectivity index (χ0) is 36.9. The molecule has 2 N–H and O–H groups in total. The van der Waals surface area contributed by atoms with Gasteiger partial charge in [0.1, 0.15) is 12.2 Å². The Labute approximate surface area is 298 Å². The maximum Gasteiger partial charge on any atom is 0.348 e. The first-order valence-electron chi connectivity index (χ1n) is 17.7. The van der Waals surface area contributed by atoms with E-state index in [2.05, 4.69) is 6.58 Å². The molecule has 4 aliphatic rings. The van der Waals surface area contributed by atoms with Gasteiger partial charge in [-0.05, 0) is 35.1 Å². The van der Waals surface area contributed by atoms with Crippen molar-refractivity contribution in [1.82, 2.24) is 0 Å². The van der Waals surface area contributed by atoms with Crippen LogP contribution in [0.5, 0.6) is 0 Å². The highest BCUT2D eigenvalue weighted by molar-refractivity contribution is 5.96. The molecule has 2 bridgehead atoms. The van der Waals surface area contributed by atoms with Crippen molar-refractivity contribution in [3.8, 4) is 0 Å². The summed E-state index contributed by atoms with van der Waals surface area (Å²) < 4.78 is 23.5. The lowest BCUT2D eigenvalue weighted by atomic mass is 9.42. The average molecular weight is 701 g/mol. The molecule has 6 rings (SSSR count). The van der Waals surface area contributed by atoms with Crippen LogP contribution < -0.4 is 0 Å². The molecular formula is C41H48O10. The predicted molar refractivity (Wildman–Crippen MR) is 186 cm³/mol. The van der Waals surface area contributed by atoms with E-state index < -0.39 is 64.6 Å². The van der Waals surface area contributed by atoms with Crippen molar-refractivity contribution in [3.05, 3.63) is 95.1 Å². The SMILES string of the molecule is C=C1C(OC(C)=O)C2=C(C)[C@@H](OC(=O)[C@@H](Cc3ccccc3)OC=O)CC(O)(C(CC(=O)c3ccccc3)C3C4COC4CC(O)C13C)C2(C)C. The van der Waals surface area contributed by atoms with Crippen LogP contribution in [-0.2, 0) is 39.8 Å². The van der Waals surface area contributed by atoms with E-state index in [9.17, 15) is 29.4 Å². The third-order valence-corrected chi connectivity index (χ3v) is 12.5. The highest BCUT2D eigenvalue weighted by atomic mass is 16.6. The zero-order valence-corrected chi connectivity index (χ0v) is 29.9. The van der Waals surface area contributed by atoms with Crippen LogP contribution in [0.25, 0.3) is 0 Å². The minimum Gasteiger partial charge on any atom is -0.455 e. The molecule has 51 heavy (non-hydrogen) atoms. The predicted octanol–water partition coefficient (Wildman–Crippen LogP) is 4.95. The minimum absolute atomic E-state index is 0.0684. The average Bonchev–Trinajstić information content (AvgIpc) is 3.08. The molecule has 2 aromatic rings. The van der Waals surface area contributed by atoms with Gasteiger partial charge < -0.3 is 29.2 Å². The second kappa shape index (κ2) is 13.8. The molecule has 1 saturated heterocycles. The number of fused-ring (bicyclic) bond motifs is 5. The van der Waals surface area contributed by atoms with Gasteiger partial charge in [-0.1, -0.05) is 88.0 Å². The number of esters is 2. The standard InChI is InChI=1S/C41H48O10/c1-23-33(51-38(46)32(49-22-42)17-26-13-9-7-10-14-26)20-41(47)29(18-30(44)27-15-11-8-12-16-27)36-28-21-48-31(28)19-34(45)40(36,6)24(2)37(50-25(3)43)35(23)39(41,4)5/h7-16,22,28-29,31-34,36-37,45,47H,2,17-21H2,1,3-6H3/t28?,29?,31?,32-,33+,34?,36?,37?,40?,41?/m1/s1. The summed E-state index contributed by atoms with van der Waals surface area (Å²) in [5.41, 5.74) is -1.30. The summed E-state index contributed by atoms with van der Waals surface area (Å²) in [5.74, 6) is -3.05. The molecule has 10 atom stereocenters. The van der Waals surface area contributed by atoms with Gasteiger partial charge >= 0.3 is 11.9 Å². The molecular weight excluding hydrogens is 652 g/mol. The third kappa shape index (κ3) is 6.15. The Bertz CT molecular complexity index is 1720. The molecule has 2 saturated carbocycles. The summed E-state index contributed by atoms with van der Waals surface area (Å²) in [5, 5.41) is 25.5. The Kier molecular flexibility index (Phi) is 9.91. The number of hydrogen-bond donors (Lipinski definition) is 2. The number of carbonyl (C=O) groups excluding carboxylic acids is 4. The number of carbonyl (C=O) groups is 4. The Morgan fingerprint density at radius 3 is 2.27 bits per heavy atom. The molecule has 0 radical (unpaired) electrons. The van der Waals surface area contributed by atoms with Gasteiger partial charge in [0.15, 0.2) is 5.78 Å². The Hall–Kier alpha value is -4.12. The zero-order valence-electron chi connectivity index (χ0n) is 29.9. The van der Waals surface area contributed by atoms with Crippen LogP contribution in [0.15, 0.2) is 84.0 Å². The van der Waals surface area contributed by atoms with Gasteiger partial charge in [-0.25, -0.2) is 4.79 Å². The lowest BCUT2D eigenvalue weighted by Gasteiger charge is -2.66. The molecule has 3 aliphatic carbocycles. The molecule has 1 heterocycles. The summed E-state index contributed by atoms with van der Waals surface area (Å²) >= 11 is 0. The highest BCUT2D eigenvalue weighted by Gasteiger charge is 2.69. The fourth-order valence-electron chi connectivity index (χ4n) is 9.65. The van der Waals surface area contributed by atoms with Crippen molar-refractivity contribution in [1.29, 1.82) is 0 Å². The second-order valence-electron chi connectivity index (χ2n) is 15.4. The van der Waals surface area contributed by atoms with Gasteiger partial charge in [-0.3, -0.25) is 14.4 Å². The van der Waals surface area contributed by atoms with E-state index in [0.717, 1.165) is 5.56 Å². The van der Waals surface area contributed by atoms with Gasteiger partial charge in [0.2, 0.25) is 6.10 Å². The molecule has 1 aliphatic heterocycles. The first-order chi connectivity index (χ1) is 24.1. The van der Waals surface area contributed by atoms with E-state index in [1.54, 1.807) is 31.2 Å². The van der Waals surface area contributed by atoms with Crippen LogP contribution in [0.3, 0.4) is 0 Å². The van der Waals surface area contributed by atoms with Crippen molar-refractivity contribution in [2.45, 2.75) is 96.4 Å². The minimum atomic E-state index is -1.75. The monoisotopic (exact) mass is 700 g/mol. The van der Waals surface area contributed by atoms with E-state index in [0.29, 0.717) is 35.3 Å². The van der Waals surface area contributed by atoms with Crippen molar-refractivity contribution in [2.24, 2.45) is 28.6 Å². The molecule has 8 unspecified atom stereocenters. The van der Waals surface area contributed by atoms with Crippen LogP contribution in [0.2, 0.25) is 0 Å². The van der Waals surface area contributed by atoms with E-state index in [-0.39, 0.29) is 43.5 Å². The summed E-state index contributed by atoms with van der Waals surface area (Å²) in [6, 6.07) is 17.9. The Morgan fingerprint density at radius 1 is 1.04 bits per heavy atom.